The van der Waals surface area contributed by atoms with E-state index in [1.165, 1.54) is 0 Å². The zero-order chi connectivity index (χ0) is 14.8. The van der Waals surface area contributed by atoms with Gasteiger partial charge in [0.2, 0.25) is 5.76 Å². The van der Waals surface area contributed by atoms with Gasteiger partial charge in [-0.1, -0.05) is 28.9 Å². The van der Waals surface area contributed by atoms with Crippen molar-refractivity contribution in [2.75, 3.05) is 6.54 Å². The van der Waals surface area contributed by atoms with Gasteiger partial charge in [0.15, 0.2) is 0 Å². The highest BCUT2D eigenvalue weighted by Gasteiger charge is 2.32. The van der Waals surface area contributed by atoms with Crippen molar-refractivity contribution in [1.82, 2.24) is 10.5 Å². The lowest BCUT2D eigenvalue weighted by atomic mass is 10.1. The minimum absolute atomic E-state index is 0.0113. The smallest absolute Gasteiger partial charge is 0.290 e. The number of aromatic nitrogens is 1. The van der Waals surface area contributed by atoms with Gasteiger partial charge in [-0.3, -0.25) is 4.79 Å². The van der Waals surface area contributed by atoms with E-state index in [-0.39, 0.29) is 17.7 Å². The van der Waals surface area contributed by atoms with Gasteiger partial charge in [-0.25, -0.2) is 0 Å². The summed E-state index contributed by atoms with van der Waals surface area (Å²) in [7, 11) is 0. The molecule has 1 fully saturated rings. The maximum atomic E-state index is 12.1. The second kappa shape index (κ2) is 5.87. The molecule has 1 heterocycles. The maximum Gasteiger partial charge on any atom is 0.290 e. The van der Waals surface area contributed by atoms with Crippen molar-refractivity contribution in [3.63, 3.8) is 0 Å². The number of nitrogens with zero attached hydrogens (tertiary/aromatic N) is 1. The third-order valence-corrected chi connectivity index (χ3v) is 3.85. The Bertz CT molecular complexity index is 652. The molecule has 2 aromatic rings. The van der Waals surface area contributed by atoms with E-state index in [2.05, 4.69) is 10.5 Å². The third-order valence-electron chi connectivity index (χ3n) is 3.62. The standard InChI is InChI=1S/C15H16ClN3O2/c16-11-3-1-2-10(6-11)12-7-14(21-19-12)15(20)18-13(8-17)9-4-5-9/h1-3,6-7,9,13H,4-5,8,17H2,(H,18,20). The number of carbonyl (C=O) groups is 1. The highest BCUT2D eigenvalue weighted by Crippen LogP contribution is 2.32. The van der Waals surface area contributed by atoms with Crippen LogP contribution in [0.15, 0.2) is 34.9 Å². The van der Waals surface area contributed by atoms with Crippen molar-refractivity contribution in [3.05, 3.63) is 41.1 Å². The van der Waals surface area contributed by atoms with E-state index in [4.69, 9.17) is 21.9 Å². The van der Waals surface area contributed by atoms with Gasteiger partial charge in [0.05, 0.1) is 0 Å². The van der Waals surface area contributed by atoms with Gasteiger partial charge in [-0.15, -0.1) is 0 Å². The van der Waals surface area contributed by atoms with Crippen molar-refractivity contribution >= 4 is 17.5 Å². The Hall–Kier alpha value is -1.85. The van der Waals surface area contributed by atoms with Crippen LogP contribution in [0.1, 0.15) is 23.4 Å². The second-order valence-corrected chi connectivity index (χ2v) is 5.68. The Morgan fingerprint density at radius 1 is 1.48 bits per heavy atom. The Morgan fingerprint density at radius 2 is 2.29 bits per heavy atom. The quantitative estimate of drug-likeness (QED) is 0.889. The average molecular weight is 306 g/mol. The fraction of sp³-hybridized carbons (Fsp3) is 0.333. The summed E-state index contributed by atoms with van der Waals surface area (Å²) >= 11 is 5.94. The number of hydrogen-bond donors (Lipinski definition) is 2. The van der Waals surface area contributed by atoms with E-state index >= 15 is 0 Å². The number of halogens is 1. The third kappa shape index (κ3) is 3.25. The first kappa shape index (κ1) is 14.1. The SMILES string of the molecule is NCC(NC(=O)c1cc(-c2cccc(Cl)c2)no1)C1CC1. The van der Waals surface area contributed by atoms with Crippen LogP contribution in [0.5, 0.6) is 0 Å². The normalized spacial score (nSPS) is 15.7. The lowest BCUT2D eigenvalue weighted by Crippen LogP contribution is -2.41. The molecule has 3 rings (SSSR count). The van der Waals surface area contributed by atoms with Gasteiger partial charge in [-0.2, -0.15) is 0 Å². The Balaban J connectivity index is 1.73. The summed E-state index contributed by atoms with van der Waals surface area (Å²) in [6.45, 7) is 0.436. The van der Waals surface area contributed by atoms with E-state index in [9.17, 15) is 4.79 Å². The van der Waals surface area contributed by atoms with Crippen molar-refractivity contribution in [3.8, 4) is 11.3 Å². The molecule has 1 amide bonds. The van der Waals surface area contributed by atoms with Crippen LogP contribution in [0.3, 0.4) is 0 Å². The summed E-state index contributed by atoms with van der Waals surface area (Å²) in [5, 5.41) is 7.42. The highest BCUT2D eigenvalue weighted by atomic mass is 35.5. The molecule has 21 heavy (non-hydrogen) atoms. The topological polar surface area (TPSA) is 81.1 Å². The number of carbonyl (C=O) groups excluding carboxylic acids is 1. The molecule has 1 unspecified atom stereocenters. The van der Waals surface area contributed by atoms with Gasteiger partial charge in [0.1, 0.15) is 5.69 Å². The molecule has 1 aromatic heterocycles. The fourth-order valence-corrected chi connectivity index (χ4v) is 2.46. The minimum atomic E-state index is -0.280. The average Bonchev–Trinajstić information content (AvgIpc) is 3.20. The van der Waals surface area contributed by atoms with Crippen LogP contribution in [0.4, 0.5) is 0 Å². The van der Waals surface area contributed by atoms with Crippen LogP contribution in [-0.2, 0) is 0 Å². The Morgan fingerprint density at radius 3 is 2.95 bits per heavy atom. The van der Waals surface area contributed by atoms with Crippen molar-refractivity contribution in [2.24, 2.45) is 11.7 Å². The molecule has 0 radical (unpaired) electrons. The van der Waals surface area contributed by atoms with Crippen LogP contribution in [0, 0.1) is 5.92 Å². The fourth-order valence-electron chi connectivity index (χ4n) is 2.27. The zero-order valence-corrected chi connectivity index (χ0v) is 12.1. The zero-order valence-electron chi connectivity index (χ0n) is 11.4. The second-order valence-electron chi connectivity index (χ2n) is 5.24. The van der Waals surface area contributed by atoms with E-state index in [1.807, 2.05) is 12.1 Å². The summed E-state index contributed by atoms with van der Waals surface area (Å²) in [5.74, 6) is 0.400. The first-order valence-electron chi connectivity index (χ1n) is 6.91. The van der Waals surface area contributed by atoms with Gasteiger partial charge >= 0.3 is 0 Å². The largest absolute Gasteiger partial charge is 0.350 e. The molecule has 5 nitrogen and oxygen atoms in total. The molecule has 1 atom stereocenters. The lowest BCUT2D eigenvalue weighted by Gasteiger charge is -2.14. The highest BCUT2D eigenvalue weighted by molar-refractivity contribution is 6.30. The number of amides is 1. The monoisotopic (exact) mass is 305 g/mol. The Kier molecular flexibility index (Phi) is 3.94. The summed E-state index contributed by atoms with van der Waals surface area (Å²) < 4.78 is 5.12. The van der Waals surface area contributed by atoms with Crippen LogP contribution in [0.25, 0.3) is 11.3 Å². The van der Waals surface area contributed by atoms with E-state index < -0.39 is 0 Å². The van der Waals surface area contributed by atoms with E-state index in [0.29, 0.717) is 23.2 Å². The maximum absolute atomic E-state index is 12.1. The van der Waals surface area contributed by atoms with Gasteiger partial charge < -0.3 is 15.6 Å². The van der Waals surface area contributed by atoms with Crippen LogP contribution in [-0.4, -0.2) is 23.7 Å². The first-order valence-corrected chi connectivity index (χ1v) is 7.29. The molecule has 3 N–H and O–H groups in total. The summed E-state index contributed by atoms with van der Waals surface area (Å²) in [4.78, 5) is 12.1. The van der Waals surface area contributed by atoms with Crippen molar-refractivity contribution < 1.29 is 9.32 Å². The summed E-state index contributed by atoms with van der Waals surface area (Å²) in [6, 6.07) is 8.86. The number of rotatable bonds is 5. The molecule has 1 aliphatic rings. The van der Waals surface area contributed by atoms with Crippen molar-refractivity contribution in [1.29, 1.82) is 0 Å². The minimum Gasteiger partial charge on any atom is -0.350 e. The Labute approximate surface area is 127 Å². The molecule has 110 valence electrons. The van der Waals surface area contributed by atoms with E-state index in [0.717, 1.165) is 18.4 Å². The molecule has 0 bridgehead atoms. The molecule has 6 heteroatoms. The number of nitrogens with two attached hydrogens (primary N) is 1. The molecular formula is C15H16ClN3O2. The summed E-state index contributed by atoms with van der Waals surface area (Å²) in [5.41, 5.74) is 7.07. The van der Waals surface area contributed by atoms with Crippen LogP contribution >= 0.6 is 11.6 Å². The lowest BCUT2D eigenvalue weighted by molar-refractivity contribution is 0.0896. The van der Waals surface area contributed by atoms with Gasteiger partial charge in [0.25, 0.3) is 5.91 Å². The predicted octanol–water partition coefficient (Wildman–Crippen LogP) is 2.46. The molecule has 1 saturated carbocycles. The molecule has 0 saturated heterocycles. The molecule has 0 aliphatic heterocycles. The van der Waals surface area contributed by atoms with Gasteiger partial charge in [-0.05, 0) is 30.9 Å². The number of nitrogens with one attached hydrogen (secondary N) is 1. The number of benzene rings is 1. The first-order chi connectivity index (χ1) is 10.2. The van der Waals surface area contributed by atoms with Gasteiger partial charge in [0, 0.05) is 29.2 Å². The van der Waals surface area contributed by atoms with Crippen LogP contribution < -0.4 is 11.1 Å². The molecule has 1 aliphatic carbocycles. The molecule has 1 aromatic carbocycles. The van der Waals surface area contributed by atoms with E-state index in [1.54, 1.807) is 18.2 Å². The van der Waals surface area contributed by atoms with Crippen LogP contribution in [0.2, 0.25) is 5.02 Å². The summed E-state index contributed by atoms with van der Waals surface area (Å²) in [6.07, 6.45) is 2.23. The molecular weight excluding hydrogens is 290 g/mol. The van der Waals surface area contributed by atoms with Crippen molar-refractivity contribution in [2.45, 2.75) is 18.9 Å². The predicted molar refractivity (Wildman–Crippen MR) is 80.0 cm³/mol. The molecule has 0 spiro atoms. The number of hydrogen-bond acceptors (Lipinski definition) is 4.